The second-order valence-corrected chi connectivity index (χ2v) is 8.25. The highest BCUT2D eigenvalue weighted by molar-refractivity contribution is 7.99. The molecule has 0 saturated heterocycles. The number of benzene rings is 1. The van der Waals surface area contributed by atoms with E-state index in [2.05, 4.69) is 15.7 Å². The normalized spacial score (nSPS) is 15.7. The number of thioether (sulfide) groups is 1. The summed E-state index contributed by atoms with van der Waals surface area (Å²) in [6.45, 7) is 4.07. The average Bonchev–Trinajstić information content (AvgIpc) is 3.18. The molecule has 8 heteroatoms. The molecule has 2 amide bonds. The SMILES string of the molecule is CCNC(=O)[C@H](C)NC(=O)CSc1nc(C2CCCCC2)n(-c2ccccc2)n1. The lowest BCUT2D eigenvalue weighted by molar-refractivity contribution is -0.127. The number of para-hydroxylation sites is 1. The molecule has 1 fully saturated rings. The summed E-state index contributed by atoms with van der Waals surface area (Å²) in [6.07, 6.45) is 5.96. The van der Waals surface area contributed by atoms with E-state index in [1.807, 2.05) is 41.9 Å². The lowest BCUT2D eigenvalue weighted by Crippen LogP contribution is -2.45. The Bertz CT molecular complexity index is 818. The van der Waals surface area contributed by atoms with E-state index in [0.717, 1.165) is 24.4 Å². The van der Waals surface area contributed by atoms with E-state index in [-0.39, 0.29) is 17.6 Å². The van der Waals surface area contributed by atoms with Gasteiger partial charge >= 0.3 is 0 Å². The molecule has 1 heterocycles. The second-order valence-electron chi connectivity index (χ2n) is 7.31. The number of rotatable bonds is 8. The summed E-state index contributed by atoms with van der Waals surface area (Å²) in [5.74, 6) is 1.17. The van der Waals surface area contributed by atoms with Gasteiger partial charge in [-0.05, 0) is 38.8 Å². The third-order valence-corrected chi connectivity index (χ3v) is 5.88. The first-order chi connectivity index (χ1) is 14.1. The molecule has 1 aromatic carbocycles. The van der Waals surface area contributed by atoms with E-state index in [1.54, 1.807) is 6.92 Å². The van der Waals surface area contributed by atoms with Gasteiger partial charge in [0.2, 0.25) is 17.0 Å². The molecule has 0 radical (unpaired) electrons. The zero-order valence-electron chi connectivity index (χ0n) is 17.1. The van der Waals surface area contributed by atoms with Gasteiger partial charge in [0.1, 0.15) is 11.9 Å². The van der Waals surface area contributed by atoms with E-state index >= 15 is 0 Å². The molecule has 3 rings (SSSR count). The Balaban J connectivity index is 1.69. The first kappa shape index (κ1) is 21.4. The summed E-state index contributed by atoms with van der Waals surface area (Å²) in [5.41, 5.74) is 0.988. The maximum absolute atomic E-state index is 12.2. The fourth-order valence-corrected chi connectivity index (χ4v) is 4.20. The number of aromatic nitrogens is 3. The second kappa shape index (κ2) is 10.4. The number of nitrogens with one attached hydrogen (secondary N) is 2. The minimum atomic E-state index is -0.560. The molecule has 0 unspecified atom stereocenters. The van der Waals surface area contributed by atoms with Crippen molar-refractivity contribution in [3.8, 4) is 5.69 Å². The number of nitrogens with zero attached hydrogens (tertiary/aromatic N) is 3. The first-order valence-electron chi connectivity index (χ1n) is 10.3. The molecule has 1 aliphatic rings. The standard InChI is InChI=1S/C21H29N5O2S/c1-3-22-20(28)15(2)23-18(27)14-29-21-24-19(16-10-6-4-7-11-16)26(25-21)17-12-8-5-9-13-17/h5,8-9,12-13,15-16H,3-4,6-7,10-11,14H2,1-2H3,(H,22,28)(H,23,27)/t15-/m0/s1. The monoisotopic (exact) mass is 415 g/mol. The number of carbonyl (C=O) groups is 2. The van der Waals surface area contributed by atoms with Crippen LogP contribution in [0.2, 0.25) is 0 Å². The summed E-state index contributed by atoms with van der Waals surface area (Å²) in [5, 5.41) is 10.7. The minimum absolute atomic E-state index is 0.173. The van der Waals surface area contributed by atoms with Gasteiger partial charge in [0.25, 0.3) is 0 Å². The molecular weight excluding hydrogens is 386 g/mol. The van der Waals surface area contributed by atoms with Crippen LogP contribution in [0.4, 0.5) is 0 Å². The van der Waals surface area contributed by atoms with Gasteiger partial charge in [0.15, 0.2) is 0 Å². The number of hydrogen-bond acceptors (Lipinski definition) is 5. The lowest BCUT2D eigenvalue weighted by atomic mass is 9.88. The largest absolute Gasteiger partial charge is 0.355 e. The Hall–Kier alpha value is -2.35. The van der Waals surface area contributed by atoms with Crippen molar-refractivity contribution < 1.29 is 9.59 Å². The van der Waals surface area contributed by atoms with Crippen molar-refractivity contribution in [3.63, 3.8) is 0 Å². The van der Waals surface area contributed by atoms with Crippen LogP contribution in [0.15, 0.2) is 35.5 Å². The van der Waals surface area contributed by atoms with E-state index in [0.29, 0.717) is 17.6 Å². The molecule has 1 aromatic heterocycles. The fourth-order valence-electron chi connectivity index (χ4n) is 3.56. The van der Waals surface area contributed by atoms with E-state index in [9.17, 15) is 9.59 Å². The highest BCUT2D eigenvalue weighted by Crippen LogP contribution is 2.33. The zero-order chi connectivity index (χ0) is 20.6. The molecular formula is C21H29N5O2S. The molecule has 0 spiro atoms. The van der Waals surface area contributed by atoms with Crippen LogP contribution in [0.25, 0.3) is 5.69 Å². The van der Waals surface area contributed by atoms with Crippen LogP contribution in [0.3, 0.4) is 0 Å². The maximum Gasteiger partial charge on any atom is 0.242 e. The molecule has 0 aliphatic heterocycles. The molecule has 1 saturated carbocycles. The van der Waals surface area contributed by atoms with Crippen molar-refractivity contribution in [3.05, 3.63) is 36.2 Å². The van der Waals surface area contributed by atoms with Crippen molar-refractivity contribution in [2.75, 3.05) is 12.3 Å². The molecule has 29 heavy (non-hydrogen) atoms. The van der Waals surface area contributed by atoms with Crippen molar-refractivity contribution in [1.82, 2.24) is 25.4 Å². The van der Waals surface area contributed by atoms with E-state index in [4.69, 9.17) is 4.98 Å². The van der Waals surface area contributed by atoms with Crippen LogP contribution in [-0.4, -0.2) is 44.9 Å². The van der Waals surface area contributed by atoms with Crippen molar-refractivity contribution in [2.45, 2.75) is 63.1 Å². The van der Waals surface area contributed by atoms with Gasteiger partial charge in [-0.15, -0.1) is 5.10 Å². The Morgan fingerprint density at radius 1 is 1.21 bits per heavy atom. The Labute approximate surface area is 176 Å². The van der Waals surface area contributed by atoms with Crippen molar-refractivity contribution in [1.29, 1.82) is 0 Å². The highest BCUT2D eigenvalue weighted by Gasteiger charge is 2.24. The molecule has 2 N–H and O–H groups in total. The topological polar surface area (TPSA) is 88.9 Å². The van der Waals surface area contributed by atoms with Gasteiger partial charge in [-0.25, -0.2) is 9.67 Å². The first-order valence-corrected chi connectivity index (χ1v) is 11.3. The average molecular weight is 416 g/mol. The molecule has 156 valence electrons. The van der Waals surface area contributed by atoms with Gasteiger partial charge in [-0.1, -0.05) is 49.2 Å². The van der Waals surface area contributed by atoms with Gasteiger partial charge < -0.3 is 10.6 Å². The Kier molecular flexibility index (Phi) is 7.69. The molecule has 2 aromatic rings. The van der Waals surface area contributed by atoms with Gasteiger partial charge in [-0.2, -0.15) is 0 Å². The quantitative estimate of drug-likeness (QED) is 0.647. The smallest absolute Gasteiger partial charge is 0.242 e. The highest BCUT2D eigenvalue weighted by atomic mass is 32.2. The summed E-state index contributed by atoms with van der Waals surface area (Å²) in [6, 6.07) is 9.45. The molecule has 7 nitrogen and oxygen atoms in total. The predicted molar refractivity (Wildman–Crippen MR) is 114 cm³/mol. The fraction of sp³-hybridized carbons (Fsp3) is 0.524. The third kappa shape index (κ3) is 5.82. The minimum Gasteiger partial charge on any atom is -0.355 e. The van der Waals surface area contributed by atoms with Crippen LogP contribution in [-0.2, 0) is 9.59 Å². The number of hydrogen-bond donors (Lipinski definition) is 2. The number of carbonyl (C=O) groups excluding carboxylic acids is 2. The van der Waals surface area contributed by atoms with E-state index in [1.165, 1.54) is 31.0 Å². The summed E-state index contributed by atoms with van der Waals surface area (Å²) in [7, 11) is 0. The third-order valence-electron chi connectivity index (χ3n) is 5.04. The Morgan fingerprint density at radius 2 is 1.93 bits per heavy atom. The summed E-state index contributed by atoms with van der Waals surface area (Å²) >= 11 is 1.30. The van der Waals surface area contributed by atoms with Gasteiger partial charge in [0.05, 0.1) is 11.4 Å². The number of amides is 2. The van der Waals surface area contributed by atoms with Crippen LogP contribution in [0, 0.1) is 0 Å². The Morgan fingerprint density at radius 3 is 2.62 bits per heavy atom. The van der Waals surface area contributed by atoms with Gasteiger partial charge in [-0.3, -0.25) is 9.59 Å². The molecule has 1 atom stereocenters. The van der Waals surface area contributed by atoms with Crippen molar-refractivity contribution in [2.24, 2.45) is 0 Å². The van der Waals surface area contributed by atoms with E-state index < -0.39 is 6.04 Å². The lowest BCUT2D eigenvalue weighted by Gasteiger charge is -2.21. The van der Waals surface area contributed by atoms with Crippen LogP contribution < -0.4 is 10.6 Å². The van der Waals surface area contributed by atoms with Gasteiger partial charge in [0, 0.05) is 12.5 Å². The summed E-state index contributed by atoms with van der Waals surface area (Å²) < 4.78 is 1.92. The number of likely N-dealkylation sites (N-methyl/N-ethyl adjacent to an activating group) is 1. The van der Waals surface area contributed by atoms with Crippen LogP contribution in [0.5, 0.6) is 0 Å². The summed E-state index contributed by atoms with van der Waals surface area (Å²) in [4.78, 5) is 28.8. The van der Waals surface area contributed by atoms with Crippen LogP contribution in [0.1, 0.15) is 57.7 Å². The van der Waals surface area contributed by atoms with Crippen molar-refractivity contribution >= 4 is 23.6 Å². The van der Waals surface area contributed by atoms with Crippen LogP contribution >= 0.6 is 11.8 Å². The zero-order valence-corrected chi connectivity index (χ0v) is 17.9. The predicted octanol–water partition coefficient (Wildman–Crippen LogP) is 3.05. The molecule has 1 aliphatic carbocycles. The maximum atomic E-state index is 12.2. The molecule has 0 bridgehead atoms.